The lowest BCUT2D eigenvalue weighted by atomic mass is 9.72. The van der Waals surface area contributed by atoms with Crippen molar-refractivity contribution < 1.29 is 34.3 Å². The van der Waals surface area contributed by atoms with Crippen LogP contribution in [0.1, 0.15) is 73.0 Å². The molecule has 2 saturated heterocycles. The highest BCUT2D eigenvalue weighted by atomic mass is 32.2. The highest BCUT2D eigenvalue weighted by molar-refractivity contribution is 7.99. The smallest absolute Gasteiger partial charge is 0.245 e. The summed E-state index contributed by atoms with van der Waals surface area (Å²) in [5, 5.41) is 41.9. The molecule has 2 fully saturated rings. The third-order valence-corrected chi connectivity index (χ3v) is 14.0. The largest absolute Gasteiger partial charge is 0.508 e. The van der Waals surface area contributed by atoms with E-state index in [9.17, 15) is 20.1 Å². The maximum Gasteiger partial charge on any atom is 0.245 e. The first-order valence-corrected chi connectivity index (χ1v) is 18.5. The summed E-state index contributed by atoms with van der Waals surface area (Å²) in [6, 6.07) is 4.57. The van der Waals surface area contributed by atoms with E-state index in [1.54, 1.807) is 18.9 Å². The zero-order valence-corrected chi connectivity index (χ0v) is 30.0. The topological polar surface area (TPSA) is 136 Å². The van der Waals surface area contributed by atoms with Crippen LogP contribution in [0.2, 0.25) is 0 Å². The molecule has 1 amide bonds. The van der Waals surface area contributed by atoms with Crippen molar-refractivity contribution in [3.8, 4) is 28.7 Å². The lowest BCUT2D eigenvalue weighted by Gasteiger charge is -2.62. The van der Waals surface area contributed by atoms with E-state index < -0.39 is 17.8 Å². The summed E-state index contributed by atoms with van der Waals surface area (Å²) >= 11 is 1.70. The number of ether oxygens (including phenoxy) is 3. The van der Waals surface area contributed by atoms with Gasteiger partial charge in [0, 0.05) is 41.3 Å². The van der Waals surface area contributed by atoms with Gasteiger partial charge >= 0.3 is 0 Å². The van der Waals surface area contributed by atoms with E-state index in [1.807, 2.05) is 26.0 Å². The number of aliphatic hydroxyl groups is 1. The van der Waals surface area contributed by atoms with Gasteiger partial charge in [-0.1, -0.05) is 6.07 Å². The second kappa shape index (κ2) is 11.2. The number of thioether (sulfide) groups is 1. The number of nitrogens with one attached hydrogen (secondary N) is 2. The zero-order chi connectivity index (χ0) is 35.0. The molecule has 10 rings (SSSR count). The highest BCUT2D eigenvalue weighted by Gasteiger charge is 2.60. The molecule has 1 unspecified atom stereocenters. The van der Waals surface area contributed by atoms with Gasteiger partial charge in [0.05, 0.1) is 25.2 Å². The average molecular weight is 701 g/mol. The van der Waals surface area contributed by atoms with Crippen LogP contribution in [-0.2, 0) is 23.2 Å². The molecule has 7 heterocycles. The Morgan fingerprint density at radius 2 is 1.78 bits per heavy atom. The number of rotatable bonds is 1. The number of benzene rings is 3. The molecule has 3 aromatic rings. The number of fused-ring (bicyclic) bond motifs is 9. The van der Waals surface area contributed by atoms with Crippen LogP contribution in [0.5, 0.6) is 28.7 Å². The first kappa shape index (κ1) is 32.2. The minimum Gasteiger partial charge on any atom is -0.508 e. The number of likely N-dealkylation sites (N-methyl/N-ethyl adjacent to an activating group) is 1. The second-order valence-electron chi connectivity index (χ2n) is 14.9. The quantitative estimate of drug-likeness (QED) is 0.255. The maximum atomic E-state index is 14.7. The summed E-state index contributed by atoms with van der Waals surface area (Å²) in [7, 11) is 3.64. The van der Waals surface area contributed by atoms with E-state index in [2.05, 4.69) is 47.4 Å². The maximum absolute atomic E-state index is 14.7. The molecule has 264 valence electrons. The van der Waals surface area contributed by atoms with Gasteiger partial charge in [-0.25, -0.2) is 0 Å². The number of carbonyl (C=O) groups excluding carboxylic acids is 1. The van der Waals surface area contributed by atoms with Crippen molar-refractivity contribution in [2.75, 3.05) is 39.8 Å². The Labute approximate surface area is 295 Å². The van der Waals surface area contributed by atoms with Crippen LogP contribution < -0.4 is 24.8 Å². The summed E-state index contributed by atoms with van der Waals surface area (Å²) in [5.74, 6) is 2.52. The zero-order valence-electron chi connectivity index (χ0n) is 29.2. The van der Waals surface area contributed by atoms with Gasteiger partial charge in [0.2, 0.25) is 12.7 Å². The predicted octanol–water partition coefficient (Wildman–Crippen LogP) is 3.67. The lowest BCUT2D eigenvalue weighted by Crippen LogP contribution is -2.70. The summed E-state index contributed by atoms with van der Waals surface area (Å²) < 4.78 is 18.1. The number of hydrogen-bond acceptors (Lipinski definition) is 11. The van der Waals surface area contributed by atoms with E-state index >= 15 is 0 Å². The van der Waals surface area contributed by atoms with Gasteiger partial charge < -0.3 is 34.8 Å². The van der Waals surface area contributed by atoms with E-state index in [0.29, 0.717) is 36.6 Å². The molecule has 7 aliphatic heterocycles. The van der Waals surface area contributed by atoms with Crippen molar-refractivity contribution >= 4 is 17.7 Å². The number of aliphatic hydroxyl groups excluding tert-OH is 1. The molecule has 0 radical (unpaired) electrons. The number of carbonyl (C=O) groups is 1. The summed E-state index contributed by atoms with van der Waals surface area (Å²) in [5.41, 5.74) is 8.45. The molecular weight excluding hydrogens is 657 g/mol. The Morgan fingerprint density at radius 3 is 2.56 bits per heavy atom. The Balaban J connectivity index is 1.30. The highest BCUT2D eigenvalue weighted by Crippen LogP contribution is 2.62. The summed E-state index contributed by atoms with van der Waals surface area (Å²) in [6.45, 7) is 8.95. The Morgan fingerprint density at radius 1 is 1.00 bits per heavy atom. The molecule has 0 aromatic heterocycles. The molecule has 1 spiro atoms. The van der Waals surface area contributed by atoms with E-state index in [0.717, 1.165) is 61.4 Å². The molecule has 0 aliphatic carbocycles. The number of amides is 1. The Kier molecular flexibility index (Phi) is 7.20. The van der Waals surface area contributed by atoms with E-state index in [1.165, 1.54) is 0 Å². The van der Waals surface area contributed by atoms with Gasteiger partial charge in [-0.05, 0) is 104 Å². The number of hydrogen-bond donors (Lipinski definition) is 5. The van der Waals surface area contributed by atoms with Crippen molar-refractivity contribution in [3.05, 3.63) is 73.8 Å². The van der Waals surface area contributed by atoms with Crippen molar-refractivity contribution in [3.63, 3.8) is 0 Å². The molecule has 0 saturated carbocycles. The fraction of sp³-hybridized carbons (Fsp3) is 0.500. The molecule has 5 N–H and O–H groups in total. The van der Waals surface area contributed by atoms with Crippen molar-refractivity contribution in [1.29, 1.82) is 0 Å². The predicted molar refractivity (Wildman–Crippen MR) is 188 cm³/mol. The van der Waals surface area contributed by atoms with Crippen molar-refractivity contribution in [2.24, 2.45) is 0 Å². The van der Waals surface area contributed by atoms with Crippen LogP contribution in [-0.4, -0.2) is 89.1 Å². The molecular formula is C38H44N4O7S. The minimum absolute atomic E-state index is 0.110. The van der Waals surface area contributed by atoms with Gasteiger partial charge in [-0.2, -0.15) is 0 Å². The molecule has 7 atom stereocenters. The molecule has 3 aromatic carbocycles. The molecule has 50 heavy (non-hydrogen) atoms. The average Bonchev–Trinajstić information content (AvgIpc) is 3.58. The monoisotopic (exact) mass is 700 g/mol. The number of aryl methyl sites for hydroxylation is 2. The van der Waals surface area contributed by atoms with Gasteiger partial charge in [0.15, 0.2) is 23.0 Å². The molecule has 11 nitrogen and oxygen atoms in total. The normalized spacial score (nSPS) is 31.1. The molecule has 12 heteroatoms. The third-order valence-electron chi connectivity index (χ3n) is 12.5. The van der Waals surface area contributed by atoms with Crippen molar-refractivity contribution in [1.82, 2.24) is 20.4 Å². The molecule has 7 aliphatic rings. The van der Waals surface area contributed by atoms with E-state index in [-0.39, 0.29) is 54.1 Å². The summed E-state index contributed by atoms with van der Waals surface area (Å²) in [4.78, 5) is 19.1. The van der Waals surface area contributed by atoms with Gasteiger partial charge in [0.1, 0.15) is 17.5 Å². The third kappa shape index (κ3) is 4.11. The first-order valence-electron chi connectivity index (χ1n) is 17.5. The van der Waals surface area contributed by atoms with Crippen LogP contribution >= 0.6 is 11.8 Å². The standard InChI is InChI=1S/C38H44N4O7S/c1-16-10-22-20(12-25(16)43)7-8-40-38(22)14-50-35-26-18(3)19(4)33-34(49-15-48-33)28(26)24(13-39-37(38)46)42-30(35)29-27-21(11-23(36(42)45)41(29)5)9-17(2)32(47-6)31(27)44/h9-10,12,23-24,29-30,35-36,40,43-45H,7-8,11,13-15H2,1-6H3,(H,39,46)/t23-,24-,29+,30?,35+,36-,38+/m0/s1. The lowest BCUT2D eigenvalue weighted by molar-refractivity contribution is -0.173. The number of phenols is 2. The van der Waals surface area contributed by atoms with Crippen molar-refractivity contribution in [2.45, 2.75) is 81.7 Å². The Bertz CT molecular complexity index is 1990. The fourth-order valence-corrected chi connectivity index (χ4v) is 11.8. The van der Waals surface area contributed by atoms with Gasteiger partial charge in [0.25, 0.3) is 0 Å². The number of phenolic OH excluding ortho intramolecular Hbond substituents is 2. The van der Waals surface area contributed by atoms with Crippen LogP contribution in [0.3, 0.4) is 0 Å². The van der Waals surface area contributed by atoms with Crippen LogP contribution in [0.15, 0.2) is 18.2 Å². The van der Waals surface area contributed by atoms with Crippen LogP contribution in [0.4, 0.5) is 0 Å². The minimum atomic E-state index is -1.05. The second-order valence-corrected chi connectivity index (χ2v) is 16.0. The number of aromatic hydroxyl groups is 2. The first-order chi connectivity index (χ1) is 24.0. The Hall–Kier alpha value is -3.68. The van der Waals surface area contributed by atoms with E-state index in [4.69, 9.17) is 14.2 Å². The number of methoxy groups -OCH3 is 1. The number of nitrogens with zero attached hydrogens (tertiary/aromatic N) is 2. The SMILES string of the molecule is COc1c(C)cc2c(c1O)[C@@H]1C3[C@@H]4SC[C@]5(NCCc6cc(O)c(C)cc65)C(=O)NC[C@@H](c5c6c(c(C)c(C)c54)OCO6)N3[C@@H](O)[C@H](C2)N1C. The van der Waals surface area contributed by atoms with Gasteiger partial charge in [-0.3, -0.25) is 19.9 Å². The van der Waals surface area contributed by atoms with Crippen LogP contribution in [0.25, 0.3) is 0 Å². The molecule has 4 bridgehead atoms. The van der Waals surface area contributed by atoms with Gasteiger partial charge in [-0.15, -0.1) is 11.8 Å². The summed E-state index contributed by atoms with van der Waals surface area (Å²) in [6.07, 6.45) is 0.382. The van der Waals surface area contributed by atoms with Crippen LogP contribution in [0, 0.1) is 27.7 Å². The fourth-order valence-electron chi connectivity index (χ4n) is 10.0. The number of piperazine rings is 1.